The molecule has 6 atom stereocenters. The largest absolute Gasteiger partial charge is 0.505 e. The minimum absolute atomic E-state index is 0.151. The van der Waals surface area contributed by atoms with Crippen molar-refractivity contribution in [1.29, 1.82) is 0 Å². The second-order valence-electron chi connectivity index (χ2n) is 14.2. The van der Waals surface area contributed by atoms with Crippen molar-refractivity contribution in [1.82, 2.24) is 9.80 Å². The molecule has 1 N–H and O–H groups in total. The van der Waals surface area contributed by atoms with Crippen molar-refractivity contribution in [3.05, 3.63) is 107 Å². The summed E-state index contributed by atoms with van der Waals surface area (Å²) >= 11 is 0. The first-order valence-corrected chi connectivity index (χ1v) is 16.9. The Hall–Kier alpha value is -4.63. The highest BCUT2D eigenvalue weighted by atomic mass is 19.1. The van der Waals surface area contributed by atoms with Crippen LogP contribution in [0.3, 0.4) is 0 Å². The number of imide groups is 2. The number of anilines is 1. The van der Waals surface area contributed by atoms with Crippen molar-refractivity contribution >= 4 is 29.3 Å². The van der Waals surface area contributed by atoms with Crippen molar-refractivity contribution in [3.8, 4) is 5.75 Å². The van der Waals surface area contributed by atoms with Gasteiger partial charge in [0.25, 0.3) is 0 Å². The molecule has 1 saturated carbocycles. The molecule has 4 fully saturated rings. The summed E-state index contributed by atoms with van der Waals surface area (Å²) in [7, 11) is 0. The first-order chi connectivity index (χ1) is 23.2. The number of carbonyl (C=O) groups excluding carboxylic acids is 4. The fourth-order valence-corrected chi connectivity index (χ4v) is 9.48. The molecule has 3 aromatic rings. The van der Waals surface area contributed by atoms with E-state index in [1.54, 1.807) is 37.3 Å². The molecule has 9 heteroatoms. The van der Waals surface area contributed by atoms with Crippen LogP contribution in [-0.2, 0) is 25.7 Å². The lowest BCUT2D eigenvalue weighted by molar-refractivity contribution is -0.144. The van der Waals surface area contributed by atoms with E-state index < -0.39 is 46.6 Å². The lowest BCUT2D eigenvalue weighted by Crippen LogP contribution is -2.49. The number of hydrogen-bond donors (Lipinski definition) is 1. The molecule has 4 amide bonds. The van der Waals surface area contributed by atoms with Crippen LogP contribution in [0.25, 0.3) is 0 Å². The summed E-state index contributed by atoms with van der Waals surface area (Å²) in [6.07, 6.45) is 3.96. The van der Waals surface area contributed by atoms with Crippen molar-refractivity contribution in [2.75, 3.05) is 18.0 Å². The average Bonchev–Trinajstić information content (AvgIpc) is 3.46. The number of amides is 4. The zero-order chi connectivity index (χ0) is 33.3. The van der Waals surface area contributed by atoms with E-state index in [-0.39, 0.29) is 36.1 Å². The first kappa shape index (κ1) is 30.7. The molecule has 246 valence electrons. The highest BCUT2D eigenvalue weighted by Gasteiger charge is 2.67. The molecule has 3 aliphatic heterocycles. The van der Waals surface area contributed by atoms with Gasteiger partial charge in [0, 0.05) is 31.6 Å². The number of likely N-dealkylation sites (tertiary alicyclic amines) is 2. The Kier molecular flexibility index (Phi) is 7.36. The number of para-hydroxylation sites is 1. The predicted octanol–water partition coefficient (Wildman–Crippen LogP) is 5.43. The molecule has 8 nitrogen and oxygen atoms in total. The number of benzene rings is 3. The van der Waals surface area contributed by atoms with E-state index in [1.165, 1.54) is 27.5 Å². The van der Waals surface area contributed by atoms with E-state index in [9.17, 15) is 28.7 Å². The highest BCUT2D eigenvalue weighted by molar-refractivity contribution is 6.24. The Morgan fingerprint density at radius 1 is 0.854 bits per heavy atom. The summed E-state index contributed by atoms with van der Waals surface area (Å²) in [6, 6.07) is 23.0. The number of halogens is 1. The Labute approximate surface area is 278 Å². The predicted molar refractivity (Wildman–Crippen MR) is 176 cm³/mol. The first-order valence-electron chi connectivity index (χ1n) is 16.9. The summed E-state index contributed by atoms with van der Waals surface area (Å²) in [5.41, 5.74) is 1.69. The van der Waals surface area contributed by atoms with Crippen LogP contribution in [0, 0.1) is 34.9 Å². The van der Waals surface area contributed by atoms with Gasteiger partial charge in [-0.2, -0.15) is 0 Å². The Morgan fingerprint density at radius 3 is 2.23 bits per heavy atom. The van der Waals surface area contributed by atoms with E-state index >= 15 is 0 Å². The lowest BCUT2D eigenvalue weighted by Gasteiger charge is -2.49. The summed E-state index contributed by atoms with van der Waals surface area (Å²) in [5.74, 6) is -5.55. The normalized spacial score (nSPS) is 30.7. The lowest BCUT2D eigenvalue weighted by atomic mass is 9.51. The third-order valence-electron chi connectivity index (χ3n) is 11.8. The van der Waals surface area contributed by atoms with Gasteiger partial charge in [-0.05, 0) is 73.9 Å². The molecule has 3 aromatic carbocycles. The zero-order valence-corrected chi connectivity index (χ0v) is 26.8. The maximum absolute atomic E-state index is 14.9. The molecule has 3 heterocycles. The van der Waals surface area contributed by atoms with Gasteiger partial charge in [0.15, 0.2) is 11.6 Å². The monoisotopic (exact) mass is 647 g/mol. The Balaban J connectivity index is 1.12. The van der Waals surface area contributed by atoms with Gasteiger partial charge >= 0.3 is 0 Å². The molecular formula is C39H38FN3O5. The van der Waals surface area contributed by atoms with Crippen LogP contribution in [0.5, 0.6) is 5.75 Å². The molecule has 0 radical (unpaired) electrons. The third-order valence-corrected chi connectivity index (χ3v) is 11.8. The molecular weight excluding hydrogens is 609 g/mol. The van der Waals surface area contributed by atoms with Gasteiger partial charge in [-0.15, -0.1) is 0 Å². The molecule has 48 heavy (non-hydrogen) atoms. The molecule has 2 aliphatic carbocycles. The van der Waals surface area contributed by atoms with E-state index in [2.05, 4.69) is 17.0 Å². The minimum atomic E-state index is -1.26. The van der Waals surface area contributed by atoms with Crippen molar-refractivity contribution in [2.45, 2.75) is 51.1 Å². The minimum Gasteiger partial charge on any atom is -0.505 e. The SMILES string of the molecule is CC12C(=O)N(c3ccccc3)C(=O)C1CC1C(=CCC3C(=O)N(C4CCN(Cc5ccccc5)CC4)C(=O)C31)C2c1ccc(O)c(F)c1. The number of piperidine rings is 1. The van der Waals surface area contributed by atoms with Crippen LogP contribution < -0.4 is 4.90 Å². The number of allylic oxidation sites excluding steroid dienone is 2. The number of carbonyl (C=O) groups is 4. The van der Waals surface area contributed by atoms with Crippen molar-refractivity contribution < 1.29 is 28.7 Å². The topological polar surface area (TPSA) is 98.2 Å². The Bertz CT molecular complexity index is 1840. The molecule has 6 unspecified atom stereocenters. The van der Waals surface area contributed by atoms with Crippen molar-refractivity contribution in [2.24, 2.45) is 29.1 Å². The summed E-state index contributed by atoms with van der Waals surface area (Å²) in [5, 5.41) is 10.0. The second kappa shape index (κ2) is 11.5. The van der Waals surface area contributed by atoms with Crippen LogP contribution in [0.15, 0.2) is 90.5 Å². The van der Waals surface area contributed by atoms with E-state index in [4.69, 9.17) is 0 Å². The fourth-order valence-electron chi connectivity index (χ4n) is 9.48. The van der Waals surface area contributed by atoms with Gasteiger partial charge in [-0.25, -0.2) is 9.29 Å². The number of phenolic OH excluding ortho intramolecular Hbond substituents is 1. The van der Waals surface area contributed by atoms with Crippen molar-refractivity contribution in [3.63, 3.8) is 0 Å². The van der Waals surface area contributed by atoms with Gasteiger partial charge in [0.05, 0.1) is 28.9 Å². The number of hydrogen-bond acceptors (Lipinski definition) is 6. The number of aromatic hydroxyl groups is 1. The number of nitrogens with zero attached hydrogens (tertiary/aromatic N) is 3. The molecule has 0 aromatic heterocycles. The fraction of sp³-hybridized carbons (Fsp3) is 0.385. The van der Waals surface area contributed by atoms with Gasteiger partial charge in [-0.1, -0.05) is 66.2 Å². The maximum Gasteiger partial charge on any atom is 0.241 e. The zero-order valence-electron chi connectivity index (χ0n) is 26.8. The van der Waals surface area contributed by atoms with Gasteiger partial charge in [0.1, 0.15) is 0 Å². The summed E-state index contributed by atoms with van der Waals surface area (Å²) < 4.78 is 14.9. The molecule has 0 spiro atoms. The number of phenols is 1. The third kappa shape index (κ3) is 4.58. The smallest absolute Gasteiger partial charge is 0.241 e. The summed E-state index contributed by atoms with van der Waals surface area (Å²) in [4.78, 5) is 62.2. The van der Waals surface area contributed by atoms with Gasteiger partial charge < -0.3 is 5.11 Å². The molecule has 8 rings (SSSR count). The van der Waals surface area contributed by atoms with Crippen LogP contribution in [0.1, 0.15) is 49.7 Å². The standard InChI is InChI=1S/C39H38FN3O5/c1-39-30(36(46)43(38(39)48)25-10-6-3-7-11-25)21-29-27(34(39)24-12-15-32(44)31(40)20-24)13-14-28-33(29)37(47)42(35(28)45)26-16-18-41(19-17-26)22-23-8-4-2-5-9-23/h2-13,15,20,26,28-30,33-34,44H,14,16-19,21-22H2,1H3. The van der Waals surface area contributed by atoms with Crippen LogP contribution in [0.4, 0.5) is 10.1 Å². The van der Waals surface area contributed by atoms with Gasteiger partial charge in [-0.3, -0.25) is 29.0 Å². The van der Waals surface area contributed by atoms with Crippen LogP contribution >= 0.6 is 0 Å². The molecule has 5 aliphatic rings. The van der Waals surface area contributed by atoms with Crippen LogP contribution in [-0.4, -0.2) is 57.7 Å². The van der Waals surface area contributed by atoms with E-state index in [1.807, 2.05) is 30.3 Å². The summed E-state index contributed by atoms with van der Waals surface area (Å²) in [6.45, 7) is 4.15. The molecule has 0 bridgehead atoms. The van der Waals surface area contributed by atoms with Gasteiger partial charge in [0.2, 0.25) is 23.6 Å². The average molecular weight is 648 g/mol. The van der Waals surface area contributed by atoms with Crippen LogP contribution in [0.2, 0.25) is 0 Å². The van der Waals surface area contributed by atoms with E-state index in [0.717, 1.165) is 25.2 Å². The maximum atomic E-state index is 14.9. The number of rotatable bonds is 5. The molecule has 3 saturated heterocycles. The quantitative estimate of drug-likeness (QED) is 0.293. The number of fused-ring (bicyclic) bond motifs is 4. The highest BCUT2D eigenvalue weighted by Crippen LogP contribution is 2.63. The second-order valence-corrected chi connectivity index (χ2v) is 14.2. The Morgan fingerprint density at radius 2 is 1.54 bits per heavy atom. The van der Waals surface area contributed by atoms with E-state index in [0.29, 0.717) is 30.5 Å².